The van der Waals surface area contributed by atoms with Crippen LogP contribution >= 0.6 is 0 Å². The number of hydrogen-bond donors (Lipinski definition) is 5. The van der Waals surface area contributed by atoms with E-state index in [2.05, 4.69) is 20.9 Å². The molecule has 1 aromatic heterocycles. The van der Waals surface area contributed by atoms with Crippen molar-refractivity contribution >= 4 is 47.3 Å². The molecule has 0 saturated carbocycles. The van der Waals surface area contributed by atoms with E-state index in [0.717, 1.165) is 17.2 Å². The highest BCUT2D eigenvalue weighted by molar-refractivity contribution is 6.03. The summed E-state index contributed by atoms with van der Waals surface area (Å²) in [5.74, 6) is -0.347. The van der Waals surface area contributed by atoms with E-state index in [4.69, 9.17) is 19.8 Å². The largest absolute Gasteiger partial charge is 0.483 e. The second-order valence-corrected chi connectivity index (χ2v) is 8.51. The van der Waals surface area contributed by atoms with Crippen molar-refractivity contribution in [3.63, 3.8) is 0 Å². The highest BCUT2D eigenvalue weighted by Gasteiger charge is 2.39. The molecular formula is C25H35N5O7. The predicted octanol–water partition coefficient (Wildman–Crippen LogP) is 1.31. The van der Waals surface area contributed by atoms with Crippen LogP contribution in [0.25, 0.3) is 10.8 Å². The van der Waals surface area contributed by atoms with Gasteiger partial charge in [-0.3, -0.25) is 24.0 Å². The van der Waals surface area contributed by atoms with Gasteiger partial charge < -0.3 is 31.1 Å². The molecule has 2 aromatic rings. The van der Waals surface area contributed by atoms with Gasteiger partial charge >= 0.3 is 0 Å². The second kappa shape index (κ2) is 15.8. The first-order valence-electron chi connectivity index (χ1n) is 11.7. The number of nitrogens with one attached hydrogen (secondary N) is 3. The molecule has 0 radical (unpaired) electrons. The van der Waals surface area contributed by atoms with Crippen molar-refractivity contribution in [3.05, 3.63) is 36.5 Å². The van der Waals surface area contributed by atoms with Gasteiger partial charge in [0.15, 0.2) is 0 Å². The minimum absolute atomic E-state index is 0.107. The van der Waals surface area contributed by atoms with Crippen LogP contribution in [-0.4, -0.2) is 82.5 Å². The maximum absolute atomic E-state index is 13.3. The predicted molar refractivity (Wildman–Crippen MR) is 138 cm³/mol. The van der Waals surface area contributed by atoms with Crippen LogP contribution in [0.3, 0.4) is 0 Å². The third-order valence-electron chi connectivity index (χ3n) is 5.81. The lowest BCUT2D eigenvalue weighted by Crippen LogP contribution is -2.56. The number of rotatable bonds is 7. The molecule has 2 heterocycles. The Balaban J connectivity index is 0.00000104. The van der Waals surface area contributed by atoms with E-state index in [-0.39, 0.29) is 36.6 Å². The summed E-state index contributed by atoms with van der Waals surface area (Å²) in [6, 6.07) is 7.89. The van der Waals surface area contributed by atoms with Gasteiger partial charge in [-0.05, 0) is 44.2 Å². The van der Waals surface area contributed by atoms with Gasteiger partial charge in [-0.1, -0.05) is 38.1 Å². The molecule has 12 nitrogen and oxygen atoms in total. The number of fused-ring (bicyclic) bond motifs is 1. The number of nitrogens with zero attached hydrogens (tertiary/aromatic N) is 2. The number of carbonyl (C=O) groups excluding carboxylic acids is 3. The van der Waals surface area contributed by atoms with Crippen molar-refractivity contribution in [2.45, 2.75) is 51.7 Å². The maximum Gasteiger partial charge on any atom is 0.290 e. The Hall–Kier alpha value is -4.06. The van der Waals surface area contributed by atoms with E-state index in [9.17, 15) is 14.4 Å². The summed E-state index contributed by atoms with van der Waals surface area (Å²) in [4.78, 5) is 61.4. The van der Waals surface area contributed by atoms with Crippen LogP contribution in [0.1, 0.15) is 33.6 Å². The molecule has 1 saturated heterocycles. The van der Waals surface area contributed by atoms with Crippen molar-refractivity contribution in [2.24, 2.45) is 5.92 Å². The lowest BCUT2D eigenvalue weighted by atomic mass is 10.0. The van der Waals surface area contributed by atoms with Crippen LogP contribution in [0.2, 0.25) is 0 Å². The SMILES string of the molecule is CN[C@@H](C)C(=O)N[C@H](C(=O)N1CCC[C@H]1C(=O)Nc1nccc2ccccc12)C(C)C.O=CO.O=CO. The van der Waals surface area contributed by atoms with Gasteiger partial charge in [-0.15, -0.1) is 0 Å². The Bertz CT molecular complexity index is 1050. The second-order valence-electron chi connectivity index (χ2n) is 8.51. The number of aromatic nitrogens is 1. The highest BCUT2D eigenvalue weighted by atomic mass is 16.3. The van der Waals surface area contributed by atoms with E-state index in [0.29, 0.717) is 18.8 Å². The zero-order valence-electron chi connectivity index (χ0n) is 21.4. The molecule has 5 N–H and O–H groups in total. The van der Waals surface area contributed by atoms with E-state index >= 15 is 0 Å². The number of likely N-dealkylation sites (tertiary alicyclic amines) is 1. The quantitative estimate of drug-likeness (QED) is 0.339. The smallest absolute Gasteiger partial charge is 0.290 e. The molecule has 0 unspecified atom stereocenters. The number of anilines is 1. The summed E-state index contributed by atoms with van der Waals surface area (Å²) >= 11 is 0. The summed E-state index contributed by atoms with van der Waals surface area (Å²) in [5.41, 5.74) is 0. The zero-order valence-corrected chi connectivity index (χ0v) is 21.4. The summed E-state index contributed by atoms with van der Waals surface area (Å²) in [7, 11) is 1.69. The number of benzene rings is 1. The van der Waals surface area contributed by atoms with Crippen molar-refractivity contribution in [2.75, 3.05) is 18.9 Å². The maximum atomic E-state index is 13.3. The Morgan fingerprint density at radius 1 is 1.08 bits per heavy atom. The van der Waals surface area contributed by atoms with E-state index in [1.54, 1.807) is 25.1 Å². The molecule has 0 aliphatic carbocycles. The van der Waals surface area contributed by atoms with Crippen molar-refractivity contribution in [1.82, 2.24) is 20.5 Å². The molecular weight excluding hydrogens is 482 g/mol. The Morgan fingerprint density at radius 2 is 1.70 bits per heavy atom. The van der Waals surface area contributed by atoms with Gasteiger partial charge in [-0.2, -0.15) is 0 Å². The van der Waals surface area contributed by atoms with Crippen LogP contribution in [-0.2, 0) is 24.0 Å². The van der Waals surface area contributed by atoms with E-state index in [1.807, 2.05) is 44.2 Å². The first-order valence-corrected chi connectivity index (χ1v) is 11.7. The third kappa shape index (κ3) is 8.83. The number of hydrogen-bond acceptors (Lipinski definition) is 7. The molecule has 1 aliphatic heterocycles. The van der Waals surface area contributed by atoms with Gasteiger partial charge in [0.25, 0.3) is 12.9 Å². The molecule has 37 heavy (non-hydrogen) atoms. The lowest BCUT2D eigenvalue weighted by Gasteiger charge is -2.31. The average Bonchev–Trinajstić information content (AvgIpc) is 3.37. The average molecular weight is 518 g/mol. The number of likely N-dealkylation sites (N-methyl/N-ethyl adjacent to an activating group) is 1. The molecule has 0 bridgehead atoms. The fourth-order valence-corrected chi connectivity index (χ4v) is 3.82. The fraction of sp³-hybridized carbons (Fsp3) is 0.440. The summed E-state index contributed by atoms with van der Waals surface area (Å²) in [6.07, 6.45) is 2.97. The topological polar surface area (TPSA) is 178 Å². The summed E-state index contributed by atoms with van der Waals surface area (Å²) in [5, 5.41) is 24.2. The molecule has 1 aromatic carbocycles. The van der Waals surface area contributed by atoms with Crippen LogP contribution in [0.15, 0.2) is 36.5 Å². The van der Waals surface area contributed by atoms with Crippen molar-refractivity contribution in [1.29, 1.82) is 0 Å². The molecule has 3 rings (SSSR count). The first-order chi connectivity index (χ1) is 17.7. The lowest BCUT2D eigenvalue weighted by molar-refractivity contribution is -0.141. The third-order valence-corrected chi connectivity index (χ3v) is 5.81. The van der Waals surface area contributed by atoms with E-state index in [1.165, 1.54) is 0 Å². The molecule has 3 atom stereocenters. The number of carboxylic acid groups (broad SMARTS) is 2. The van der Waals surface area contributed by atoms with Crippen molar-refractivity contribution in [3.8, 4) is 0 Å². The van der Waals surface area contributed by atoms with Crippen molar-refractivity contribution < 1.29 is 34.2 Å². The zero-order chi connectivity index (χ0) is 28.0. The summed E-state index contributed by atoms with van der Waals surface area (Å²) in [6.45, 7) is 5.50. The minimum atomic E-state index is -0.688. The van der Waals surface area contributed by atoms with Gasteiger partial charge in [-0.25, -0.2) is 4.98 Å². The minimum Gasteiger partial charge on any atom is -0.483 e. The van der Waals surface area contributed by atoms with E-state index < -0.39 is 18.1 Å². The van der Waals surface area contributed by atoms with Gasteiger partial charge in [0, 0.05) is 18.1 Å². The molecule has 202 valence electrons. The van der Waals surface area contributed by atoms with Crippen LogP contribution in [0.4, 0.5) is 5.82 Å². The normalized spacial score (nSPS) is 15.8. The van der Waals surface area contributed by atoms with Crippen LogP contribution < -0.4 is 16.0 Å². The number of carbonyl (C=O) groups is 5. The van der Waals surface area contributed by atoms with Gasteiger partial charge in [0.1, 0.15) is 17.9 Å². The van der Waals surface area contributed by atoms with Crippen LogP contribution in [0, 0.1) is 5.92 Å². The van der Waals surface area contributed by atoms with Gasteiger partial charge in [0.2, 0.25) is 17.7 Å². The number of pyridine rings is 1. The Kier molecular flexibility index (Phi) is 13.3. The molecule has 1 aliphatic rings. The number of amides is 3. The Labute approximate surface area is 215 Å². The van der Waals surface area contributed by atoms with Crippen LogP contribution in [0.5, 0.6) is 0 Å². The fourth-order valence-electron chi connectivity index (χ4n) is 3.82. The van der Waals surface area contributed by atoms with Gasteiger partial charge in [0.05, 0.1) is 6.04 Å². The molecule has 3 amide bonds. The monoisotopic (exact) mass is 517 g/mol. The molecule has 12 heteroatoms. The Morgan fingerprint density at radius 3 is 2.30 bits per heavy atom. The first kappa shape index (κ1) is 31.0. The highest BCUT2D eigenvalue weighted by Crippen LogP contribution is 2.24. The summed E-state index contributed by atoms with van der Waals surface area (Å²) < 4.78 is 0. The standard InChI is InChI=1S/C23H31N5O3.2CH2O2/c1-14(2)19(26-21(29)15(3)24-4)23(31)28-13-7-10-18(28)22(30)27-20-17-9-6-5-8-16(17)11-12-25-20;2*2-1-3/h5-6,8-9,11-12,14-15,18-19,24H,7,10,13H2,1-4H3,(H,26,29)(H,25,27,30);2*1H,(H,2,3)/t15-,18-,19-;;/m0../s1. The molecule has 0 spiro atoms. The molecule has 1 fully saturated rings.